The van der Waals surface area contributed by atoms with Crippen molar-refractivity contribution >= 4 is 38.9 Å². The first-order chi connectivity index (χ1) is 17.7. The molecule has 0 saturated carbocycles. The Morgan fingerprint density at radius 1 is 1.34 bits per heavy atom. The van der Waals surface area contributed by atoms with Crippen molar-refractivity contribution in [2.75, 3.05) is 32.1 Å². The number of aliphatic hydroxyl groups excluding tert-OH is 1. The number of aliphatic hydroxyl groups is 1. The number of nitrogens with zero attached hydrogens (tertiary/aromatic N) is 2. The Morgan fingerprint density at radius 2 is 2.05 bits per heavy atom. The summed E-state index contributed by atoms with van der Waals surface area (Å²) in [5.41, 5.74) is 0.131. The fourth-order valence-corrected chi connectivity index (χ4v) is 6.30. The number of likely N-dealkylation sites (N-methyl/N-ethyl adjacent to an activating group) is 1. The number of fused-ring (bicyclic) bond motifs is 1. The number of carbonyl (C=O) groups excluding carboxylic acids is 2. The molecule has 2 amide bonds. The molecule has 3 rings (SSSR count). The maximum absolute atomic E-state index is 13.4. The van der Waals surface area contributed by atoms with E-state index in [1.807, 2.05) is 0 Å². The molecule has 0 fully saturated rings. The largest absolute Gasteiger partial charge is 0.488 e. The third-order valence-corrected chi connectivity index (χ3v) is 9.38. The summed E-state index contributed by atoms with van der Waals surface area (Å²) in [6.07, 6.45) is -7.23. The highest BCUT2D eigenvalue weighted by molar-refractivity contribution is 7.91. The number of thiophene rings is 1. The third-order valence-electron chi connectivity index (χ3n) is 6.18. The average molecular weight is 578 g/mol. The SMILES string of the molecule is C[C@@H]1CN([C@H](C)CO)C(=O)c2cc(NC(=O)CCC(F)(F)F)ccc2O[C@@H]1CN(C)S(=O)(=O)c1cccs1. The molecule has 14 heteroatoms. The van der Waals surface area contributed by atoms with Crippen molar-refractivity contribution in [3.8, 4) is 5.75 Å². The Bertz CT molecular complexity index is 1240. The Labute approximate surface area is 223 Å². The highest BCUT2D eigenvalue weighted by Crippen LogP contribution is 2.32. The summed E-state index contributed by atoms with van der Waals surface area (Å²) in [7, 11) is -2.34. The van der Waals surface area contributed by atoms with Crippen LogP contribution in [-0.2, 0) is 14.8 Å². The molecule has 2 heterocycles. The van der Waals surface area contributed by atoms with E-state index in [2.05, 4.69) is 5.32 Å². The molecule has 1 aromatic carbocycles. The molecule has 1 aromatic heterocycles. The highest BCUT2D eigenvalue weighted by Gasteiger charge is 2.35. The van der Waals surface area contributed by atoms with Gasteiger partial charge in [0.25, 0.3) is 15.9 Å². The van der Waals surface area contributed by atoms with Gasteiger partial charge in [0.15, 0.2) is 0 Å². The molecule has 0 bridgehead atoms. The zero-order valence-corrected chi connectivity index (χ0v) is 22.7. The van der Waals surface area contributed by atoms with Gasteiger partial charge in [-0.05, 0) is 36.6 Å². The molecule has 3 atom stereocenters. The number of benzene rings is 1. The molecule has 0 aliphatic carbocycles. The molecule has 0 spiro atoms. The minimum Gasteiger partial charge on any atom is -0.488 e. The molecule has 0 radical (unpaired) electrons. The second-order valence-electron chi connectivity index (χ2n) is 9.21. The topological polar surface area (TPSA) is 116 Å². The molecule has 0 unspecified atom stereocenters. The predicted molar refractivity (Wildman–Crippen MR) is 136 cm³/mol. The summed E-state index contributed by atoms with van der Waals surface area (Å²) in [4.78, 5) is 26.9. The second-order valence-corrected chi connectivity index (χ2v) is 12.4. The van der Waals surface area contributed by atoms with E-state index in [9.17, 15) is 36.3 Å². The smallest absolute Gasteiger partial charge is 0.389 e. The number of halogens is 3. The van der Waals surface area contributed by atoms with Gasteiger partial charge < -0.3 is 20.1 Å². The van der Waals surface area contributed by atoms with Gasteiger partial charge >= 0.3 is 6.18 Å². The van der Waals surface area contributed by atoms with Crippen LogP contribution in [0.2, 0.25) is 0 Å². The fourth-order valence-electron chi connectivity index (χ4n) is 3.91. The Kier molecular flexibility index (Phi) is 9.44. The molecule has 9 nitrogen and oxygen atoms in total. The standard InChI is InChI=1S/C24H30F3N3O6S2/c1-15-12-30(16(2)14-31)23(33)18-11-17(28-21(32)8-9-24(25,26)27)6-7-19(18)36-20(15)13-29(3)38(34,35)22-5-4-10-37-22/h4-7,10-11,15-16,20,31H,8-9,12-14H2,1-3H3,(H,28,32)/t15-,16-,20-/m1/s1. The number of amides is 2. The van der Waals surface area contributed by atoms with Gasteiger partial charge in [-0.15, -0.1) is 11.3 Å². The summed E-state index contributed by atoms with van der Waals surface area (Å²) in [5.74, 6) is -1.59. The van der Waals surface area contributed by atoms with Crippen molar-refractivity contribution in [3.63, 3.8) is 0 Å². The molecular weight excluding hydrogens is 547 g/mol. The van der Waals surface area contributed by atoms with Crippen LogP contribution in [-0.4, -0.2) is 79.6 Å². The van der Waals surface area contributed by atoms with Gasteiger partial charge in [-0.1, -0.05) is 13.0 Å². The number of sulfonamides is 1. The molecule has 0 saturated heterocycles. The quantitative estimate of drug-likeness (QED) is 0.471. The fraction of sp³-hybridized carbons (Fsp3) is 0.500. The lowest BCUT2D eigenvalue weighted by Crippen LogP contribution is -2.50. The lowest BCUT2D eigenvalue weighted by Gasteiger charge is -2.38. The Balaban J connectivity index is 1.91. The molecular formula is C24H30F3N3O6S2. The van der Waals surface area contributed by atoms with Crippen LogP contribution >= 0.6 is 11.3 Å². The number of carbonyl (C=O) groups is 2. The predicted octanol–water partition coefficient (Wildman–Crippen LogP) is 3.57. The van der Waals surface area contributed by atoms with E-state index >= 15 is 0 Å². The molecule has 1 aliphatic rings. The van der Waals surface area contributed by atoms with E-state index in [1.165, 1.54) is 40.5 Å². The summed E-state index contributed by atoms with van der Waals surface area (Å²) in [5, 5.41) is 13.8. The lowest BCUT2D eigenvalue weighted by atomic mass is 9.99. The van der Waals surface area contributed by atoms with Crippen molar-refractivity contribution in [1.29, 1.82) is 0 Å². The van der Waals surface area contributed by atoms with Crippen molar-refractivity contribution in [1.82, 2.24) is 9.21 Å². The van der Waals surface area contributed by atoms with E-state index in [-0.39, 0.29) is 46.8 Å². The van der Waals surface area contributed by atoms with E-state index in [4.69, 9.17) is 4.74 Å². The monoisotopic (exact) mass is 577 g/mol. The molecule has 210 valence electrons. The lowest BCUT2D eigenvalue weighted by molar-refractivity contribution is -0.142. The van der Waals surface area contributed by atoms with Crippen LogP contribution in [0.15, 0.2) is 39.9 Å². The zero-order valence-electron chi connectivity index (χ0n) is 21.1. The van der Waals surface area contributed by atoms with Gasteiger partial charge in [0, 0.05) is 31.6 Å². The molecule has 2 N–H and O–H groups in total. The molecule has 2 aromatic rings. The number of hydrogen-bond acceptors (Lipinski definition) is 7. The molecule has 1 aliphatic heterocycles. The van der Waals surface area contributed by atoms with Crippen LogP contribution in [0.3, 0.4) is 0 Å². The van der Waals surface area contributed by atoms with Crippen LogP contribution < -0.4 is 10.1 Å². The van der Waals surface area contributed by atoms with Gasteiger partial charge in [0.1, 0.15) is 16.1 Å². The normalized spacial score (nSPS) is 19.4. The van der Waals surface area contributed by atoms with Crippen LogP contribution in [0.1, 0.15) is 37.0 Å². The van der Waals surface area contributed by atoms with Gasteiger partial charge in [-0.3, -0.25) is 9.59 Å². The van der Waals surface area contributed by atoms with Gasteiger partial charge in [0.05, 0.1) is 31.2 Å². The van der Waals surface area contributed by atoms with Crippen LogP contribution in [0, 0.1) is 5.92 Å². The zero-order chi connectivity index (χ0) is 28.3. The summed E-state index contributed by atoms with van der Waals surface area (Å²) in [6, 6.07) is 6.66. The van der Waals surface area contributed by atoms with Gasteiger partial charge in [0.2, 0.25) is 5.91 Å². The van der Waals surface area contributed by atoms with E-state index < -0.39 is 53.0 Å². The number of ether oxygens (including phenoxy) is 1. The number of hydrogen-bond donors (Lipinski definition) is 2. The van der Waals surface area contributed by atoms with Gasteiger partial charge in [-0.2, -0.15) is 17.5 Å². The summed E-state index contributed by atoms with van der Waals surface area (Å²) in [6.45, 7) is 3.23. The number of alkyl halides is 3. The first-order valence-corrected chi connectivity index (χ1v) is 14.1. The Hall–Kier alpha value is -2.68. The number of anilines is 1. The van der Waals surface area contributed by atoms with Crippen molar-refractivity contribution in [2.45, 2.75) is 49.2 Å². The van der Waals surface area contributed by atoms with Crippen LogP contribution in [0.4, 0.5) is 18.9 Å². The van der Waals surface area contributed by atoms with Crippen molar-refractivity contribution in [3.05, 3.63) is 41.3 Å². The van der Waals surface area contributed by atoms with E-state index in [0.29, 0.717) is 0 Å². The van der Waals surface area contributed by atoms with E-state index in [0.717, 1.165) is 11.3 Å². The molecule has 38 heavy (non-hydrogen) atoms. The van der Waals surface area contributed by atoms with Crippen LogP contribution in [0.25, 0.3) is 0 Å². The van der Waals surface area contributed by atoms with Crippen molar-refractivity contribution in [2.24, 2.45) is 5.92 Å². The third kappa shape index (κ3) is 7.24. The first kappa shape index (κ1) is 29.9. The van der Waals surface area contributed by atoms with Crippen LogP contribution in [0.5, 0.6) is 5.75 Å². The second kappa shape index (κ2) is 12.0. The van der Waals surface area contributed by atoms with Gasteiger partial charge in [-0.25, -0.2) is 8.42 Å². The van der Waals surface area contributed by atoms with E-state index in [1.54, 1.807) is 25.3 Å². The number of nitrogens with one attached hydrogen (secondary N) is 1. The highest BCUT2D eigenvalue weighted by atomic mass is 32.2. The minimum absolute atomic E-state index is 0.0274. The maximum Gasteiger partial charge on any atom is 0.389 e. The maximum atomic E-state index is 13.4. The number of rotatable bonds is 9. The average Bonchev–Trinajstić information content (AvgIpc) is 3.40. The van der Waals surface area contributed by atoms with Crippen molar-refractivity contribution < 1.29 is 41.0 Å². The minimum atomic E-state index is -4.48. The first-order valence-electron chi connectivity index (χ1n) is 11.8. The summed E-state index contributed by atoms with van der Waals surface area (Å²) < 4.78 is 70.9. The Morgan fingerprint density at radius 3 is 2.66 bits per heavy atom. The summed E-state index contributed by atoms with van der Waals surface area (Å²) >= 11 is 1.09.